The molecule has 0 aromatic heterocycles. The maximum absolute atomic E-state index is 13.5. The van der Waals surface area contributed by atoms with Crippen LogP contribution in [0.2, 0.25) is 0 Å². The van der Waals surface area contributed by atoms with Crippen LogP contribution in [0.3, 0.4) is 0 Å². The molecular formula is C25H24BrN3O4S. The van der Waals surface area contributed by atoms with Crippen LogP contribution in [0.25, 0.3) is 0 Å². The van der Waals surface area contributed by atoms with E-state index >= 15 is 0 Å². The van der Waals surface area contributed by atoms with Crippen LogP contribution in [0.5, 0.6) is 0 Å². The van der Waals surface area contributed by atoms with Crippen molar-refractivity contribution in [3.8, 4) is 0 Å². The first-order chi connectivity index (χ1) is 16.2. The predicted octanol–water partition coefficient (Wildman–Crippen LogP) is 4.72. The lowest BCUT2D eigenvalue weighted by Crippen LogP contribution is -2.38. The Morgan fingerprint density at radius 2 is 1.76 bits per heavy atom. The summed E-state index contributed by atoms with van der Waals surface area (Å²) in [5.41, 5.74) is 2.60. The average molecular weight is 542 g/mol. The Kier molecular flexibility index (Phi) is 7.04. The number of carbonyl (C=O) groups is 2. The molecule has 0 bridgehead atoms. The smallest absolute Gasteiger partial charge is 0.264 e. The van der Waals surface area contributed by atoms with E-state index in [0.717, 1.165) is 22.0 Å². The van der Waals surface area contributed by atoms with Crippen LogP contribution in [-0.2, 0) is 19.6 Å². The monoisotopic (exact) mass is 541 g/mol. The molecule has 0 aliphatic carbocycles. The molecule has 176 valence electrons. The van der Waals surface area contributed by atoms with E-state index in [0.29, 0.717) is 28.8 Å². The molecule has 7 nitrogen and oxygen atoms in total. The third-order valence-corrected chi connectivity index (χ3v) is 7.81. The van der Waals surface area contributed by atoms with Gasteiger partial charge in [0.2, 0.25) is 11.8 Å². The number of anilines is 3. The molecule has 9 heteroatoms. The second-order valence-electron chi connectivity index (χ2n) is 8.05. The van der Waals surface area contributed by atoms with Gasteiger partial charge in [-0.1, -0.05) is 39.7 Å². The summed E-state index contributed by atoms with van der Waals surface area (Å²) in [4.78, 5) is 26.7. The van der Waals surface area contributed by atoms with E-state index in [1.807, 2.05) is 6.92 Å². The first-order valence-corrected chi connectivity index (χ1v) is 13.0. The third kappa shape index (κ3) is 5.31. The van der Waals surface area contributed by atoms with Crippen molar-refractivity contribution in [1.82, 2.24) is 0 Å². The van der Waals surface area contributed by atoms with Crippen molar-refractivity contribution < 1.29 is 18.0 Å². The number of carbonyl (C=O) groups excluding carboxylic acids is 2. The maximum Gasteiger partial charge on any atom is 0.264 e. The minimum atomic E-state index is -3.99. The van der Waals surface area contributed by atoms with E-state index in [2.05, 4.69) is 21.2 Å². The van der Waals surface area contributed by atoms with Crippen molar-refractivity contribution in [2.75, 3.05) is 27.6 Å². The molecule has 34 heavy (non-hydrogen) atoms. The number of sulfonamides is 1. The normalized spacial score (nSPS) is 13.7. The van der Waals surface area contributed by atoms with Crippen molar-refractivity contribution in [3.63, 3.8) is 0 Å². The SMILES string of the molecule is Cc1ccc(S(=O)(=O)N(CC(=O)Nc2ccc(N3CCCC3=O)cc2)c2cccc(Br)c2)cc1. The second-order valence-corrected chi connectivity index (χ2v) is 10.8. The highest BCUT2D eigenvalue weighted by molar-refractivity contribution is 9.10. The fourth-order valence-corrected chi connectivity index (χ4v) is 5.56. The Balaban J connectivity index is 1.56. The summed E-state index contributed by atoms with van der Waals surface area (Å²) in [5.74, 6) is -0.400. The van der Waals surface area contributed by atoms with Crippen molar-refractivity contribution in [2.45, 2.75) is 24.7 Å². The molecule has 1 aliphatic rings. The summed E-state index contributed by atoms with van der Waals surface area (Å²) in [6.07, 6.45) is 1.37. The Morgan fingerprint density at radius 3 is 2.38 bits per heavy atom. The van der Waals surface area contributed by atoms with Gasteiger partial charge < -0.3 is 10.2 Å². The lowest BCUT2D eigenvalue weighted by molar-refractivity contribution is -0.117. The predicted molar refractivity (Wildman–Crippen MR) is 137 cm³/mol. The van der Waals surface area contributed by atoms with Gasteiger partial charge in [-0.25, -0.2) is 8.42 Å². The average Bonchev–Trinajstić information content (AvgIpc) is 3.24. The zero-order valence-electron chi connectivity index (χ0n) is 18.6. The zero-order chi connectivity index (χ0) is 24.3. The topological polar surface area (TPSA) is 86.8 Å². The van der Waals surface area contributed by atoms with Crippen LogP contribution < -0.4 is 14.5 Å². The van der Waals surface area contributed by atoms with Gasteiger partial charge in [0.05, 0.1) is 10.6 Å². The summed E-state index contributed by atoms with van der Waals surface area (Å²) in [5, 5.41) is 2.76. The molecule has 0 saturated carbocycles. The number of nitrogens with zero attached hydrogens (tertiary/aromatic N) is 2. The van der Waals surface area contributed by atoms with E-state index in [1.54, 1.807) is 65.6 Å². The number of halogens is 1. The van der Waals surface area contributed by atoms with Gasteiger partial charge in [-0.05, 0) is 67.9 Å². The molecule has 0 unspecified atom stereocenters. The number of hydrogen-bond donors (Lipinski definition) is 1. The molecule has 0 atom stereocenters. The molecule has 0 spiro atoms. The van der Waals surface area contributed by atoms with Gasteiger partial charge in [0.25, 0.3) is 10.0 Å². The summed E-state index contributed by atoms with van der Waals surface area (Å²) >= 11 is 3.37. The third-order valence-electron chi connectivity index (χ3n) is 5.53. The minimum absolute atomic E-state index is 0.0859. The number of rotatable bonds is 7. The highest BCUT2D eigenvalue weighted by Gasteiger charge is 2.27. The Bertz CT molecular complexity index is 1310. The number of nitrogens with one attached hydrogen (secondary N) is 1. The molecule has 2 amide bonds. The first kappa shape index (κ1) is 24.0. The molecule has 1 fully saturated rings. The van der Waals surface area contributed by atoms with Crippen molar-refractivity contribution in [3.05, 3.63) is 82.8 Å². The molecule has 3 aromatic rings. The van der Waals surface area contributed by atoms with Gasteiger partial charge in [0, 0.05) is 28.8 Å². The van der Waals surface area contributed by atoms with Crippen LogP contribution in [0.1, 0.15) is 18.4 Å². The Morgan fingerprint density at radius 1 is 1.06 bits per heavy atom. The van der Waals surface area contributed by atoms with Crippen LogP contribution in [0.15, 0.2) is 82.2 Å². The first-order valence-electron chi connectivity index (χ1n) is 10.8. The van der Waals surface area contributed by atoms with Crippen molar-refractivity contribution in [2.24, 2.45) is 0 Å². The summed E-state index contributed by atoms with van der Waals surface area (Å²) < 4.78 is 28.7. The highest BCUT2D eigenvalue weighted by Crippen LogP contribution is 2.27. The number of benzene rings is 3. The van der Waals surface area contributed by atoms with E-state index in [4.69, 9.17) is 0 Å². The maximum atomic E-state index is 13.5. The van der Waals surface area contributed by atoms with Crippen LogP contribution in [0.4, 0.5) is 17.1 Å². The zero-order valence-corrected chi connectivity index (χ0v) is 21.0. The Labute approximate surface area is 207 Å². The molecule has 1 heterocycles. The Hall–Kier alpha value is -3.17. The van der Waals surface area contributed by atoms with Crippen LogP contribution >= 0.6 is 15.9 Å². The van der Waals surface area contributed by atoms with Gasteiger partial charge in [-0.15, -0.1) is 0 Å². The van der Waals surface area contributed by atoms with Crippen molar-refractivity contribution >= 4 is 54.8 Å². The van der Waals surface area contributed by atoms with E-state index in [9.17, 15) is 18.0 Å². The van der Waals surface area contributed by atoms with Crippen molar-refractivity contribution in [1.29, 1.82) is 0 Å². The standard InChI is InChI=1S/C25H24BrN3O4S/c1-18-7-13-23(14-8-18)34(32,33)29(22-5-2-4-19(26)16-22)17-24(30)27-20-9-11-21(12-10-20)28-15-3-6-25(28)31/h2,4-5,7-14,16H,3,6,15,17H2,1H3,(H,27,30). The van der Waals surface area contributed by atoms with E-state index in [-0.39, 0.29) is 10.8 Å². The summed E-state index contributed by atoms with van der Waals surface area (Å²) in [7, 11) is -3.99. The fourth-order valence-electron chi connectivity index (χ4n) is 3.76. The molecule has 1 aliphatic heterocycles. The molecule has 4 rings (SSSR count). The fraction of sp³-hybridized carbons (Fsp3) is 0.200. The lowest BCUT2D eigenvalue weighted by atomic mass is 10.2. The van der Waals surface area contributed by atoms with E-state index < -0.39 is 22.5 Å². The van der Waals surface area contributed by atoms with Gasteiger partial charge in [0.15, 0.2) is 0 Å². The number of hydrogen-bond acceptors (Lipinski definition) is 4. The van der Waals surface area contributed by atoms with Gasteiger partial charge >= 0.3 is 0 Å². The second kappa shape index (κ2) is 9.99. The summed E-state index contributed by atoms with van der Waals surface area (Å²) in [6.45, 7) is 2.16. The molecule has 0 radical (unpaired) electrons. The lowest BCUT2D eigenvalue weighted by Gasteiger charge is -2.24. The van der Waals surface area contributed by atoms with Crippen LogP contribution in [0, 0.1) is 6.92 Å². The quantitative estimate of drug-likeness (QED) is 0.468. The molecular weight excluding hydrogens is 518 g/mol. The largest absolute Gasteiger partial charge is 0.325 e. The molecule has 1 saturated heterocycles. The molecule has 1 N–H and O–H groups in total. The molecule has 3 aromatic carbocycles. The highest BCUT2D eigenvalue weighted by atomic mass is 79.9. The van der Waals surface area contributed by atoms with Gasteiger partial charge in [0.1, 0.15) is 6.54 Å². The van der Waals surface area contributed by atoms with Gasteiger partial charge in [-0.2, -0.15) is 0 Å². The summed E-state index contributed by atoms with van der Waals surface area (Å²) in [6, 6.07) is 20.3. The van der Waals surface area contributed by atoms with E-state index in [1.165, 1.54) is 12.1 Å². The minimum Gasteiger partial charge on any atom is -0.325 e. The number of amides is 2. The number of aryl methyl sites for hydroxylation is 1. The van der Waals surface area contributed by atoms with Gasteiger partial charge in [-0.3, -0.25) is 13.9 Å². The van der Waals surface area contributed by atoms with Crippen LogP contribution in [-0.4, -0.2) is 33.3 Å².